The van der Waals surface area contributed by atoms with Gasteiger partial charge in [0, 0.05) is 52.2 Å². The van der Waals surface area contributed by atoms with Gasteiger partial charge in [-0.2, -0.15) is 0 Å². The first kappa shape index (κ1) is 29.0. The molecule has 0 bridgehead atoms. The van der Waals surface area contributed by atoms with E-state index in [0.717, 1.165) is 45.0 Å². The number of aryl methyl sites for hydroxylation is 2. The van der Waals surface area contributed by atoms with E-state index in [2.05, 4.69) is 26.0 Å². The molecule has 0 amide bonds. The lowest BCUT2D eigenvalue weighted by Gasteiger charge is -2.23. The van der Waals surface area contributed by atoms with Gasteiger partial charge in [-0.1, -0.05) is 24.3 Å². The average Bonchev–Trinajstić information content (AvgIpc) is 2.92. The zero-order valence-electron chi connectivity index (χ0n) is 23.2. The Bertz CT molecular complexity index is 1100. The minimum absolute atomic E-state index is 0.456. The molecular weight excluding hydrogens is 480 g/mol. The Morgan fingerprint density at radius 3 is 1.18 bits per heavy atom. The summed E-state index contributed by atoms with van der Waals surface area (Å²) in [5.74, 6) is 0. The molecule has 8 heteroatoms. The number of hydrogen-bond donors (Lipinski definition) is 0. The highest BCUT2D eigenvalue weighted by Crippen LogP contribution is 2.26. The molecule has 0 saturated carbocycles. The van der Waals surface area contributed by atoms with Gasteiger partial charge in [-0.15, -0.1) is 0 Å². The number of rotatable bonds is 14. The molecular formula is C30H38N4O4. The summed E-state index contributed by atoms with van der Waals surface area (Å²) in [6.07, 6.45) is 3.75. The van der Waals surface area contributed by atoms with E-state index in [1.54, 1.807) is 28.4 Å². The van der Waals surface area contributed by atoms with Crippen molar-refractivity contribution >= 4 is 35.2 Å². The van der Waals surface area contributed by atoms with Crippen LogP contribution in [-0.4, -0.2) is 67.8 Å². The normalized spacial score (nSPS) is 11.5. The molecule has 0 N–H and O–H groups in total. The first-order valence-electron chi connectivity index (χ1n) is 12.3. The van der Waals surface area contributed by atoms with Crippen LogP contribution in [0, 0.1) is 13.8 Å². The van der Waals surface area contributed by atoms with E-state index in [1.165, 1.54) is 0 Å². The molecule has 0 aliphatic carbocycles. The van der Waals surface area contributed by atoms with Crippen molar-refractivity contribution in [2.45, 2.75) is 13.8 Å². The van der Waals surface area contributed by atoms with Crippen molar-refractivity contribution in [3.63, 3.8) is 0 Å². The number of benzene rings is 3. The molecule has 0 heterocycles. The van der Waals surface area contributed by atoms with Gasteiger partial charge in [-0.25, -0.2) is 0 Å². The molecule has 8 nitrogen and oxygen atoms in total. The van der Waals surface area contributed by atoms with Crippen molar-refractivity contribution in [2.24, 2.45) is 9.98 Å². The van der Waals surface area contributed by atoms with Gasteiger partial charge in [0.05, 0.1) is 11.4 Å². The Kier molecular flexibility index (Phi) is 11.4. The van der Waals surface area contributed by atoms with E-state index in [9.17, 15) is 0 Å². The molecule has 0 aliphatic rings. The molecule has 3 aromatic carbocycles. The number of aliphatic imine (C=N–C) groups is 2. The minimum Gasteiger partial charge on any atom is -0.364 e. The van der Waals surface area contributed by atoms with Crippen molar-refractivity contribution in [3.8, 4) is 0 Å². The van der Waals surface area contributed by atoms with E-state index in [0.29, 0.717) is 26.9 Å². The fraction of sp³-hybridized carbons (Fsp3) is 0.333. The number of anilines is 2. The predicted molar refractivity (Wildman–Crippen MR) is 156 cm³/mol. The fourth-order valence-corrected chi connectivity index (χ4v) is 3.91. The molecule has 3 rings (SSSR count). The van der Waals surface area contributed by atoms with Crippen LogP contribution in [0.3, 0.4) is 0 Å². The van der Waals surface area contributed by atoms with Crippen molar-refractivity contribution in [1.82, 2.24) is 0 Å². The molecule has 0 spiro atoms. The third-order valence-electron chi connectivity index (χ3n) is 5.87. The second-order valence-corrected chi connectivity index (χ2v) is 8.88. The van der Waals surface area contributed by atoms with Crippen LogP contribution in [0.5, 0.6) is 0 Å². The monoisotopic (exact) mass is 518 g/mol. The second-order valence-electron chi connectivity index (χ2n) is 8.88. The summed E-state index contributed by atoms with van der Waals surface area (Å²) in [4.78, 5) is 13.4. The number of ether oxygens (including phenoxy) is 4. The first-order chi connectivity index (χ1) is 18.5. The van der Waals surface area contributed by atoms with Crippen LogP contribution in [0.25, 0.3) is 0 Å². The smallest absolute Gasteiger partial charge is 0.120 e. The lowest BCUT2D eigenvalue weighted by Crippen LogP contribution is -2.27. The van der Waals surface area contributed by atoms with Gasteiger partial charge >= 0.3 is 0 Å². The number of hydrogen-bond acceptors (Lipinski definition) is 8. The predicted octanol–water partition coefficient (Wildman–Crippen LogP) is 5.83. The van der Waals surface area contributed by atoms with Crippen molar-refractivity contribution in [2.75, 3.05) is 65.2 Å². The van der Waals surface area contributed by atoms with Gasteiger partial charge in [0.15, 0.2) is 0 Å². The van der Waals surface area contributed by atoms with Gasteiger partial charge in [0.1, 0.15) is 26.9 Å². The Morgan fingerprint density at radius 1 is 0.553 bits per heavy atom. The van der Waals surface area contributed by atoms with Crippen LogP contribution >= 0.6 is 0 Å². The second kappa shape index (κ2) is 15.0. The molecule has 0 unspecified atom stereocenters. The molecule has 0 radical (unpaired) electrons. The largest absolute Gasteiger partial charge is 0.364 e. The molecule has 3 aromatic rings. The van der Waals surface area contributed by atoms with Gasteiger partial charge in [-0.3, -0.25) is 9.98 Å². The van der Waals surface area contributed by atoms with Crippen molar-refractivity contribution in [3.05, 3.63) is 82.9 Å². The standard InChI is InChI=1S/C30H38N4O4/c1-23-15-27(33(19-35-3)20-36-4)11-13-29(23)31-17-25-7-9-26(10-8-25)18-32-30-14-12-28(16-24(30)2)34(21-37-5)22-38-6/h7-18H,19-22H2,1-6H3. The van der Waals surface area contributed by atoms with E-state index >= 15 is 0 Å². The number of methoxy groups -OCH3 is 4. The summed E-state index contributed by atoms with van der Waals surface area (Å²) < 4.78 is 21.1. The maximum absolute atomic E-state index is 5.27. The minimum atomic E-state index is 0.456. The van der Waals surface area contributed by atoms with E-state index in [-0.39, 0.29) is 0 Å². The van der Waals surface area contributed by atoms with Gasteiger partial charge in [-0.05, 0) is 72.5 Å². The summed E-state index contributed by atoms with van der Waals surface area (Å²) in [5, 5.41) is 0. The zero-order chi connectivity index (χ0) is 27.3. The Labute approximate surface area is 226 Å². The van der Waals surface area contributed by atoms with Crippen LogP contribution in [0.15, 0.2) is 70.6 Å². The summed E-state index contributed by atoms with van der Waals surface area (Å²) in [6.45, 7) is 5.93. The van der Waals surface area contributed by atoms with Crippen LogP contribution < -0.4 is 9.80 Å². The molecule has 0 aromatic heterocycles. The van der Waals surface area contributed by atoms with Gasteiger partial charge in [0.25, 0.3) is 0 Å². The maximum Gasteiger partial charge on any atom is 0.120 e. The molecule has 38 heavy (non-hydrogen) atoms. The molecule has 0 atom stereocenters. The van der Waals surface area contributed by atoms with Crippen LogP contribution in [0.4, 0.5) is 22.7 Å². The average molecular weight is 519 g/mol. The third kappa shape index (κ3) is 8.22. The first-order valence-corrected chi connectivity index (χ1v) is 12.3. The maximum atomic E-state index is 5.27. The van der Waals surface area contributed by atoms with Crippen molar-refractivity contribution < 1.29 is 18.9 Å². The highest BCUT2D eigenvalue weighted by molar-refractivity contribution is 5.86. The topological polar surface area (TPSA) is 68.1 Å². The zero-order valence-corrected chi connectivity index (χ0v) is 23.2. The number of nitrogens with zero attached hydrogens (tertiary/aromatic N) is 4. The Hall–Kier alpha value is -3.56. The van der Waals surface area contributed by atoms with E-state index in [4.69, 9.17) is 28.9 Å². The third-order valence-corrected chi connectivity index (χ3v) is 5.87. The van der Waals surface area contributed by atoms with E-state index < -0.39 is 0 Å². The fourth-order valence-electron chi connectivity index (χ4n) is 3.91. The Balaban J connectivity index is 1.66. The highest BCUT2D eigenvalue weighted by Gasteiger charge is 2.08. The van der Waals surface area contributed by atoms with E-state index in [1.807, 2.05) is 70.8 Å². The molecule has 0 fully saturated rings. The van der Waals surface area contributed by atoms with Crippen molar-refractivity contribution in [1.29, 1.82) is 0 Å². The highest BCUT2D eigenvalue weighted by atomic mass is 16.5. The summed E-state index contributed by atoms with van der Waals surface area (Å²) >= 11 is 0. The quantitative estimate of drug-likeness (QED) is 0.198. The van der Waals surface area contributed by atoms with Gasteiger partial charge < -0.3 is 28.7 Å². The molecule has 0 saturated heterocycles. The molecule has 202 valence electrons. The molecule has 0 aliphatic heterocycles. The van der Waals surface area contributed by atoms with Crippen LogP contribution in [0.2, 0.25) is 0 Å². The summed E-state index contributed by atoms with van der Waals surface area (Å²) in [6, 6.07) is 20.4. The SMILES string of the molecule is COCN(COC)c1ccc(N=Cc2ccc(C=Nc3ccc(N(COC)COC)cc3C)cc2)c(C)c1. The Morgan fingerprint density at radius 2 is 0.895 bits per heavy atom. The lowest BCUT2D eigenvalue weighted by molar-refractivity contribution is 0.140. The lowest BCUT2D eigenvalue weighted by atomic mass is 10.1. The van der Waals surface area contributed by atoms with Crippen LogP contribution in [-0.2, 0) is 18.9 Å². The summed E-state index contributed by atoms with van der Waals surface area (Å²) in [5.41, 5.74) is 8.08. The van der Waals surface area contributed by atoms with Gasteiger partial charge in [0.2, 0.25) is 0 Å². The summed E-state index contributed by atoms with van der Waals surface area (Å²) in [7, 11) is 6.69. The van der Waals surface area contributed by atoms with Crippen LogP contribution in [0.1, 0.15) is 22.3 Å².